The molecule has 0 saturated carbocycles. The van der Waals surface area contributed by atoms with E-state index >= 15 is 0 Å². The lowest BCUT2D eigenvalue weighted by atomic mass is 9.83. The Balaban J connectivity index is 2.85. The molecule has 0 aromatic heterocycles. The molecule has 0 heterocycles. The Bertz CT molecular complexity index is 483. The lowest BCUT2D eigenvalue weighted by Crippen LogP contribution is -2.31. The average molecular weight is 372 g/mol. The van der Waals surface area contributed by atoms with Gasteiger partial charge in [-0.3, -0.25) is 4.79 Å². The van der Waals surface area contributed by atoms with Gasteiger partial charge >= 0.3 is 0 Å². The number of benzene rings is 1. The summed E-state index contributed by atoms with van der Waals surface area (Å²) in [4.78, 5) is 11.1. The lowest BCUT2D eigenvalue weighted by molar-refractivity contribution is -0.113. The molecule has 0 aliphatic rings. The van der Waals surface area contributed by atoms with Crippen molar-refractivity contribution in [3.05, 3.63) is 29.8 Å². The molecule has 0 amide bonds. The maximum atomic E-state index is 11.1. The second-order valence-corrected chi connectivity index (χ2v) is 8.06. The quantitative estimate of drug-likeness (QED) is 0.466. The van der Waals surface area contributed by atoms with E-state index in [1.54, 1.807) is 31.4 Å². The van der Waals surface area contributed by atoms with E-state index in [-0.39, 0.29) is 6.42 Å². The SMILES string of the molecule is COc1ccc(C(Cl)(Cl)CC(Cl)C(C)(C)CC(=O)Cl)cc1. The first-order valence-corrected chi connectivity index (χ1v) is 8.00. The zero-order chi connectivity index (χ0) is 16.3. The van der Waals surface area contributed by atoms with E-state index in [2.05, 4.69) is 0 Å². The Hall–Kier alpha value is -0.150. The molecule has 0 fully saturated rings. The lowest BCUT2D eigenvalue weighted by Gasteiger charge is -2.33. The Morgan fingerprint density at radius 2 is 1.76 bits per heavy atom. The Morgan fingerprint density at radius 1 is 1.24 bits per heavy atom. The first kappa shape index (κ1) is 18.9. The van der Waals surface area contributed by atoms with E-state index in [4.69, 9.17) is 51.1 Å². The second-order valence-electron chi connectivity index (χ2n) is 5.63. The predicted octanol–water partition coefficient (Wildman–Crippen LogP) is 5.50. The fourth-order valence-corrected chi connectivity index (χ4v) is 3.29. The van der Waals surface area contributed by atoms with Crippen molar-refractivity contribution in [2.24, 2.45) is 5.41 Å². The molecule has 1 aromatic carbocycles. The Labute approximate surface area is 145 Å². The van der Waals surface area contributed by atoms with Crippen molar-refractivity contribution in [3.8, 4) is 5.75 Å². The Kier molecular flexibility index (Phi) is 6.67. The van der Waals surface area contributed by atoms with Crippen LogP contribution in [-0.4, -0.2) is 17.7 Å². The maximum Gasteiger partial charge on any atom is 0.222 e. The summed E-state index contributed by atoms with van der Waals surface area (Å²) >= 11 is 24.7. The van der Waals surface area contributed by atoms with E-state index < -0.39 is 20.4 Å². The molecule has 6 heteroatoms. The summed E-state index contributed by atoms with van der Waals surface area (Å²) in [6.07, 6.45) is 0.455. The van der Waals surface area contributed by atoms with Crippen LogP contribution in [0.3, 0.4) is 0 Å². The van der Waals surface area contributed by atoms with Gasteiger partial charge in [-0.25, -0.2) is 0 Å². The number of alkyl halides is 3. The standard InChI is InChI=1S/C15H18Cl4O2/c1-14(2,9-13(17)20)12(16)8-15(18,19)10-4-6-11(21-3)7-5-10/h4-7,12H,8-9H2,1-3H3. The molecule has 1 unspecified atom stereocenters. The minimum absolute atomic E-state index is 0.162. The zero-order valence-electron chi connectivity index (χ0n) is 12.1. The molecular weight excluding hydrogens is 354 g/mol. The van der Waals surface area contributed by atoms with Crippen molar-refractivity contribution in [2.75, 3.05) is 7.11 Å². The van der Waals surface area contributed by atoms with Gasteiger partial charge in [-0.1, -0.05) is 49.2 Å². The van der Waals surface area contributed by atoms with Gasteiger partial charge in [0.1, 0.15) is 10.1 Å². The number of rotatable bonds is 7. The molecule has 118 valence electrons. The molecule has 0 aliphatic heterocycles. The van der Waals surface area contributed by atoms with Crippen LogP contribution in [0.5, 0.6) is 5.75 Å². The van der Waals surface area contributed by atoms with Crippen LogP contribution in [0.15, 0.2) is 24.3 Å². The van der Waals surface area contributed by atoms with Gasteiger partial charge in [0.25, 0.3) is 0 Å². The van der Waals surface area contributed by atoms with Gasteiger partial charge in [0.05, 0.1) is 7.11 Å². The van der Waals surface area contributed by atoms with E-state index in [9.17, 15) is 4.79 Å². The van der Waals surface area contributed by atoms with E-state index in [0.717, 1.165) is 11.3 Å². The molecular formula is C15H18Cl4O2. The van der Waals surface area contributed by atoms with Crippen LogP contribution in [0, 0.1) is 5.41 Å². The van der Waals surface area contributed by atoms with Gasteiger partial charge in [0.2, 0.25) is 5.24 Å². The predicted molar refractivity (Wildman–Crippen MR) is 89.9 cm³/mol. The van der Waals surface area contributed by atoms with Crippen LogP contribution in [0.25, 0.3) is 0 Å². The summed E-state index contributed by atoms with van der Waals surface area (Å²) < 4.78 is 3.95. The van der Waals surface area contributed by atoms with Gasteiger partial charge < -0.3 is 4.74 Å². The van der Waals surface area contributed by atoms with Gasteiger partial charge in [0, 0.05) is 18.2 Å². The number of carbonyl (C=O) groups excluding carboxylic acids is 1. The highest BCUT2D eigenvalue weighted by atomic mass is 35.5. The minimum atomic E-state index is -1.15. The zero-order valence-corrected chi connectivity index (χ0v) is 15.2. The molecule has 21 heavy (non-hydrogen) atoms. The Morgan fingerprint density at radius 3 is 2.19 bits per heavy atom. The van der Waals surface area contributed by atoms with Gasteiger partial charge in [-0.15, -0.1) is 11.6 Å². The maximum absolute atomic E-state index is 11.1. The van der Waals surface area contributed by atoms with Crippen molar-refractivity contribution >= 4 is 51.6 Å². The summed E-state index contributed by atoms with van der Waals surface area (Å²) in [6, 6.07) is 7.15. The van der Waals surface area contributed by atoms with Crippen LogP contribution < -0.4 is 4.74 Å². The topological polar surface area (TPSA) is 26.3 Å². The summed E-state index contributed by atoms with van der Waals surface area (Å²) in [5.41, 5.74) is 0.229. The highest BCUT2D eigenvalue weighted by Crippen LogP contribution is 2.45. The third-order valence-corrected chi connectivity index (χ3v) is 5.01. The molecule has 0 aliphatic carbocycles. The molecule has 1 aromatic rings. The van der Waals surface area contributed by atoms with Crippen molar-refractivity contribution in [3.63, 3.8) is 0 Å². The molecule has 1 rings (SSSR count). The first-order chi connectivity index (χ1) is 9.58. The van der Waals surface area contributed by atoms with Crippen LogP contribution in [0.2, 0.25) is 0 Å². The van der Waals surface area contributed by atoms with E-state index in [1.165, 1.54) is 0 Å². The number of hydrogen-bond acceptors (Lipinski definition) is 2. The van der Waals surface area contributed by atoms with Crippen LogP contribution >= 0.6 is 46.4 Å². The third kappa shape index (κ3) is 5.52. The average Bonchev–Trinajstić information content (AvgIpc) is 2.36. The molecule has 0 bridgehead atoms. The molecule has 0 saturated heterocycles. The van der Waals surface area contributed by atoms with Crippen molar-refractivity contribution in [2.45, 2.75) is 36.4 Å². The second kappa shape index (κ2) is 7.41. The fourth-order valence-electron chi connectivity index (χ4n) is 1.92. The minimum Gasteiger partial charge on any atom is -0.497 e. The number of ether oxygens (including phenoxy) is 1. The number of carbonyl (C=O) groups is 1. The van der Waals surface area contributed by atoms with E-state index in [0.29, 0.717) is 6.42 Å². The third-order valence-electron chi connectivity index (χ3n) is 3.39. The summed E-state index contributed by atoms with van der Waals surface area (Å²) in [7, 11) is 1.59. The largest absolute Gasteiger partial charge is 0.497 e. The molecule has 0 radical (unpaired) electrons. The van der Waals surface area contributed by atoms with Crippen molar-refractivity contribution < 1.29 is 9.53 Å². The van der Waals surface area contributed by atoms with Crippen LogP contribution in [0.4, 0.5) is 0 Å². The van der Waals surface area contributed by atoms with Gasteiger partial charge in [-0.05, 0) is 34.7 Å². The number of hydrogen-bond donors (Lipinski definition) is 0. The summed E-state index contributed by atoms with van der Waals surface area (Å²) in [5.74, 6) is 0.721. The van der Waals surface area contributed by atoms with Crippen LogP contribution in [0.1, 0.15) is 32.3 Å². The summed E-state index contributed by atoms with van der Waals surface area (Å²) in [5, 5.41) is -0.831. The highest BCUT2D eigenvalue weighted by molar-refractivity contribution is 6.63. The highest BCUT2D eigenvalue weighted by Gasteiger charge is 2.37. The normalized spacial score (nSPS) is 13.9. The smallest absolute Gasteiger partial charge is 0.222 e. The number of halogens is 4. The molecule has 1 atom stereocenters. The van der Waals surface area contributed by atoms with Gasteiger partial charge in [-0.2, -0.15) is 0 Å². The number of methoxy groups -OCH3 is 1. The first-order valence-electron chi connectivity index (χ1n) is 6.43. The molecule has 0 N–H and O–H groups in total. The molecule has 2 nitrogen and oxygen atoms in total. The van der Waals surface area contributed by atoms with Gasteiger partial charge in [0.15, 0.2) is 0 Å². The van der Waals surface area contributed by atoms with Crippen LogP contribution in [-0.2, 0) is 9.13 Å². The molecule has 0 spiro atoms. The monoisotopic (exact) mass is 370 g/mol. The van der Waals surface area contributed by atoms with Crippen molar-refractivity contribution in [1.82, 2.24) is 0 Å². The van der Waals surface area contributed by atoms with Crippen molar-refractivity contribution in [1.29, 1.82) is 0 Å². The summed E-state index contributed by atoms with van der Waals surface area (Å²) in [6.45, 7) is 3.73. The fraction of sp³-hybridized carbons (Fsp3) is 0.533. The van der Waals surface area contributed by atoms with E-state index in [1.807, 2.05) is 13.8 Å².